The molecule has 0 radical (unpaired) electrons. The smallest absolute Gasteiger partial charge is 0.394 e. The van der Waals surface area contributed by atoms with E-state index < -0.39 is 10.4 Å². The molecule has 0 aromatic heterocycles. The van der Waals surface area contributed by atoms with Gasteiger partial charge in [0.2, 0.25) is 0 Å². The fourth-order valence-corrected chi connectivity index (χ4v) is 1.23. The summed E-state index contributed by atoms with van der Waals surface area (Å²) in [4.78, 5) is 11.6. The fraction of sp³-hybridized carbons (Fsp3) is 0. The van der Waals surface area contributed by atoms with Gasteiger partial charge in [-0.2, -0.15) is 8.42 Å². The average molecular weight is 296 g/mol. The van der Waals surface area contributed by atoms with Crippen molar-refractivity contribution in [3.05, 3.63) is 66.2 Å². The van der Waals surface area contributed by atoms with Crippen LogP contribution in [0.1, 0.15) is 10.4 Å². The van der Waals surface area contributed by atoms with Gasteiger partial charge in [-0.3, -0.25) is 9.11 Å². The summed E-state index contributed by atoms with van der Waals surface area (Å²) in [5.41, 5.74) is 0.557. The number of esters is 1. The van der Waals surface area contributed by atoms with Gasteiger partial charge in [-0.05, 0) is 24.3 Å². The monoisotopic (exact) mass is 296 g/mol. The van der Waals surface area contributed by atoms with Gasteiger partial charge in [-0.1, -0.05) is 36.4 Å². The molecule has 0 unspecified atom stereocenters. The summed E-state index contributed by atoms with van der Waals surface area (Å²) in [6.45, 7) is 0. The second kappa shape index (κ2) is 7.39. The second-order valence-corrected chi connectivity index (χ2v) is 4.41. The molecule has 0 saturated carbocycles. The molecule has 0 aliphatic carbocycles. The molecule has 2 rings (SSSR count). The minimum absolute atomic E-state index is 0.332. The van der Waals surface area contributed by atoms with Gasteiger partial charge in [0, 0.05) is 0 Å². The molecule has 106 valence electrons. The number of hydrogen-bond acceptors (Lipinski definition) is 4. The Bertz CT molecular complexity index is 629. The number of ether oxygens (including phenoxy) is 1. The maximum Gasteiger partial charge on any atom is 0.394 e. The maximum atomic E-state index is 11.6. The van der Waals surface area contributed by atoms with E-state index in [1.807, 2.05) is 36.4 Å². The van der Waals surface area contributed by atoms with Crippen molar-refractivity contribution in [3.63, 3.8) is 0 Å². The predicted octanol–water partition coefficient (Wildman–Crippen LogP) is 2.25. The van der Waals surface area contributed by atoms with E-state index in [4.69, 9.17) is 22.3 Å². The Labute approximate surface area is 116 Å². The molecule has 2 aromatic rings. The molecule has 0 atom stereocenters. The van der Waals surface area contributed by atoms with Crippen LogP contribution in [0.15, 0.2) is 60.7 Å². The van der Waals surface area contributed by atoms with Gasteiger partial charge in [0.25, 0.3) is 0 Å². The van der Waals surface area contributed by atoms with E-state index in [1.165, 1.54) is 0 Å². The van der Waals surface area contributed by atoms with Crippen molar-refractivity contribution < 1.29 is 27.1 Å². The van der Waals surface area contributed by atoms with Gasteiger partial charge in [-0.15, -0.1) is 0 Å². The van der Waals surface area contributed by atoms with Crippen LogP contribution in [0.4, 0.5) is 0 Å². The molecule has 0 heterocycles. The lowest BCUT2D eigenvalue weighted by atomic mass is 10.2. The zero-order chi connectivity index (χ0) is 15.0. The molecule has 0 aliphatic rings. The number of hydrogen-bond donors (Lipinski definition) is 2. The number of rotatable bonds is 2. The van der Waals surface area contributed by atoms with Crippen molar-refractivity contribution in [2.24, 2.45) is 0 Å². The van der Waals surface area contributed by atoms with Gasteiger partial charge in [-0.25, -0.2) is 4.79 Å². The second-order valence-electron chi connectivity index (χ2n) is 3.52. The van der Waals surface area contributed by atoms with Crippen LogP contribution in [-0.4, -0.2) is 23.5 Å². The zero-order valence-corrected chi connectivity index (χ0v) is 11.0. The minimum atomic E-state index is -4.67. The van der Waals surface area contributed by atoms with Crippen LogP contribution in [0.3, 0.4) is 0 Å². The van der Waals surface area contributed by atoms with Crippen molar-refractivity contribution in [1.82, 2.24) is 0 Å². The molecule has 0 aliphatic heterocycles. The average Bonchev–Trinajstić information content (AvgIpc) is 2.39. The largest absolute Gasteiger partial charge is 0.423 e. The molecule has 2 N–H and O–H groups in total. The Morgan fingerprint density at radius 3 is 1.70 bits per heavy atom. The summed E-state index contributed by atoms with van der Waals surface area (Å²) in [5.74, 6) is 0.230. The van der Waals surface area contributed by atoms with Crippen LogP contribution < -0.4 is 4.74 Å². The van der Waals surface area contributed by atoms with Gasteiger partial charge in [0.05, 0.1) is 5.56 Å². The highest BCUT2D eigenvalue weighted by molar-refractivity contribution is 7.79. The van der Waals surface area contributed by atoms with Crippen LogP contribution in [0.2, 0.25) is 0 Å². The van der Waals surface area contributed by atoms with E-state index >= 15 is 0 Å². The summed E-state index contributed by atoms with van der Waals surface area (Å²) in [7, 11) is -4.67. The highest BCUT2D eigenvalue weighted by atomic mass is 32.3. The Morgan fingerprint density at radius 2 is 1.25 bits per heavy atom. The summed E-state index contributed by atoms with van der Waals surface area (Å²) < 4.78 is 36.7. The van der Waals surface area contributed by atoms with Crippen molar-refractivity contribution in [2.75, 3.05) is 0 Å². The third-order valence-electron chi connectivity index (χ3n) is 1.96. The summed E-state index contributed by atoms with van der Waals surface area (Å²) in [6.07, 6.45) is 0. The Hall–Kier alpha value is -2.22. The first-order valence-electron chi connectivity index (χ1n) is 5.38. The lowest BCUT2D eigenvalue weighted by Gasteiger charge is -2.02. The normalized spacial score (nSPS) is 10.1. The van der Waals surface area contributed by atoms with Gasteiger partial charge < -0.3 is 4.74 Å². The number of carbonyl (C=O) groups is 1. The van der Waals surface area contributed by atoms with Crippen molar-refractivity contribution in [1.29, 1.82) is 0 Å². The Kier molecular flexibility index (Phi) is 5.85. The number of para-hydroxylation sites is 1. The third-order valence-corrected chi connectivity index (χ3v) is 1.96. The molecule has 2 aromatic carbocycles. The summed E-state index contributed by atoms with van der Waals surface area (Å²) in [5, 5.41) is 0. The third kappa shape index (κ3) is 7.27. The number of benzene rings is 2. The summed E-state index contributed by atoms with van der Waals surface area (Å²) >= 11 is 0. The standard InChI is InChI=1S/C13H10O2.H2O4S/c14-13(11-7-3-1-4-8-11)15-12-9-5-2-6-10-12;1-5(2,3)4/h1-10H;(H2,1,2,3,4). The van der Waals surface area contributed by atoms with Crippen molar-refractivity contribution >= 4 is 16.4 Å². The molecule has 0 spiro atoms. The van der Waals surface area contributed by atoms with E-state index in [-0.39, 0.29) is 5.97 Å². The van der Waals surface area contributed by atoms with Gasteiger partial charge in [0.1, 0.15) is 5.75 Å². The van der Waals surface area contributed by atoms with Gasteiger partial charge in [0.15, 0.2) is 0 Å². The lowest BCUT2D eigenvalue weighted by molar-refractivity contribution is 0.0734. The zero-order valence-electron chi connectivity index (χ0n) is 10.2. The summed E-state index contributed by atoms with van der Waals surface area (Å²) in [6, 6.07) is 18.0. The predicted molar refractivity (Wildman–Crippen MR) is 72.0 cm³/mol. The van der Waals surface area contributed by atoms with Crippen LogP contribution in [0, 0.1) is 0 Å². The van der Waals surface area contributed by atoms with Crippen molar-refractivity contribution in [3.8, 4) is 5.75 Å². The van der Waals surface area contributed by atoms with Crippen LogP contribution in [0.5, 0.6) is 5.75 Å². The maximum absolute atomic E-state index is 11.6. The SMILES string of the molecule is O=C(Oc1ccccc1)c1ccccc1.O=S(=O)(O)O. The molecule has 7 heteroatoms. The van der Waals surface area contributed by atoms with Crippen LogP contribution >= 0.6 is 0 Å². The van der Waals surface area contributed by atoms with Crippen LogP contribution in [-0.2, 0) is 10.4 Å². The Morgan fingerprint density at radius 1 is 0.850 bits per heavy atom. The first-order chi connectivity index (χ1) is 9.36. The molecular weight excluding hydrogens is 284 g/mol. The van der Waals surface area contributed by atoms with E-state index in [9.17, 15) is 4.79 Å². The fourth-order valence-electron chi connectivity index (χ4n) is 1.23. The first-order valence-corrected chi connectivity index (χ1v) is 6.78. The molecule has 0 fully saturated rings. The highest BCUT2D eigenvalue weighted by Gasteiger charge is 2.06. The minimum Gasteiger partial charge on any atom is -0.423 e. The first kappa shape index (κ1) is 15.8. The molecule has 0 amide bonds. The van der Waals surface area contributed by atoms with Gasteiger partial charge >= 0.3 is 16.4 Å². The van der Waals surface area contributed by atoms with Crippen molar-refractivity contribution in [2.45, 2.75) is 0 Å². The molecule has 6 nitrogen and oxygen atoms in total. The topological polar surface area (TPSA) is 101 Å². The van der Waals surface area contributed by atoms with Crippen LogP contribution in [0.25, 0.3) is 0 Å². The molecule has 0 bridgehead atoms. The molecule has 0 saturated heterocycles. The van der Waals surface area contributed by atoms with E-state index in [1.54, 1.807) is 24.3 Å². The number of carbonyl (C=O) groups excluding carboxylic acids is 1. The van der Waals surface area contributed by atoms with E-state index in [2.05, 4.69) is 0 Å². The van der Waals surface area contributed by atoms with E-state index in [0.29, 0.717) is 11.3 Å². The quantitative estimate of drug-likeness (QED) is 0.501. The molecular formula is C13H12O6S. The lowest BCUT2D eigenvalue weighted by Crippen LogP contribution is -2.07. The Balaban J connectivity index is 0.000000347. The van der Waals surface area contributed by atoms with E-state index in [0.717, 1.165) is 0 Å². The molecule has 20 heavy (non-hydrogen) atoms. The highest BCUT2D eigenvalue weighted by Crippen LogP contribution is 2.11.